The zero-order valence-electron chi connectivity index (χ0n) is 16.8. The lowest BCUT2D eigenvalue weighted by atomic mass is 9.95. The molecule has 0 radical (unpaired) electrons. The Bertz CT molecular complexity index is 1370. The normalized spacial score (nSPS) is 16.1. The summed E-state index contributed by atoms with van der Waals surface area (Å²) in [4.78, 5) is 31.3. The first-order chi connectivity index (χ1) is 14.9. The van der Waals surface area contributed by atoms with Crippen molar-refractivity contribution < 1.29 is 14.6 Å². The van der Waals surface area contributed by atoms with Gasteiger partial charge in [-0.2, -0.15) is 0 Å². The number of rotatable bonds is 4. The molecular weight excluding hydrogens is 480 g/mol. The number of hydrogen-bond acceptors (Lipinski definition) is 6. The highest BCUT2D eigenvalue weighted by Gasteiger charge is 2.33. The summed E-state index contributed by atoms with van der Waals surface area (Å²) in [7, 11) is 1.33. The summed E-state index contributed by atoms with van der Waals surface area (Å²) in [5.41, 5.74) is 1.98. The molecule has 2 aromatic carbocycles. The highest BCUT2D eigenvalue weighted by molar-refractivity contribution is 9.10. The molecule has 0 amide bonds. The van der Waals surface area contributed by atoms with Crippen LogP contribution in [0.1, 0.15) is 30.5 Å². The van der Waals surface area contributed by atoms with Gasteiger partial charge < -0.3 is 9.84 Å². The second kappa shape index (κ2) is 8.64. The van der Waals surface area contributed by atoms with Crippen molar-refractivity contribution in [2.75, 3.05) is 7.11 Å². The molecule has 158 valence electrons. The number of fused-ring (bicyclic) bond motifs is 1. The predicted octanol–water partition coefficient (Wildman–Crippen LogP) is 3.27. The number of hydrogen-bond donors (Lipinski definition) is 1. The molecule has 0 spiro atoms. The lowest BCUT2D eigenvalue weighted by Crippen LogP contribution is -2.40. The van der Waals surface area contributed by atoms with Gasteiger partial charge in [0.15, 0.2) is 4.80 Å². The molecule has 1 aromatic heterocycles. The number of aromatic nitrogens is 1. The molecule has 1 aliphatic rings. The number of phenols is 1. The Balaban J connectivity index is 2.02. The minimum Gasteiger partial charge on any atom is -0.507 e. The maximum absolute atomic E-state index is 13.5. The van der Waals surface area contributed by atoms with Crippen molar-refractivity contribution >= 4 is 39.3 Å². The number of nitrogens with zero attached hydrogens (tertiary/aromatic N) is 2. The Hall–Kier alpha value is -2.97. The fourth-order valence-electron chi connectivity index (χ4n) is 3.60. The number of halogens is 1. The summed E-state index contributed by atoms with van der Waals surface area (Å²) >= 11 is 4.61. The Morgan fingerprint density at radius 1 is 1.29 bits per heavy atom. The zero-order valence-corrected chi connectivity index (χ0v) is 19.2. The van der Waals surface area contributed by atoms with Crippen molar-refractivity contribution in [2.24, 2.45) is 4.99 Å². The Morgan fingerprint density at radius 3 is 2.71 bits per heavy atom. The summed E-state index contributed by atoms with van der Waals surface area (Å²) in [5, 5.41) is 10.2. The number of esters is 1. The molecule has 0 bridgehead atoms. The molecule has 0 fully saturated rings. The van der Waals surface area contributed by atoms with Crippen LogP contribution in [0.15, 0.2) is 74.1 Å². The molecule has 2 heterocycles. The molecule has 4 rings (SSSR count). The minimum atomic E-state index is -0.641. The van der Waals surface area contributed by atoms with Crippen LogP contribution in [-0.2, 0) is 9.53 Å². The average molecular weight is 499 g/mol. The van der Waals surface area contributed by atoms with Crippen LogP contribution in [0.2, 0.25) is 0 Å². The van der Waals surface area contributed by atoms with Gasteiger partial charge in [0.05, 0.1) is 29.0 Å². The predicted molar refractivity (Wildman–Crippen MR) is 123 cm³/mol. The monoisotopic (exact) mass is 498 g/mol. The van der Waals surface area contributed by atoms with Crippen LogP contribution in [-0.4, -0.2) is 22.8 Å². The van der Waals surface area contributed by atoms with Crippen LogP contribution < -0.4 is 14.9 Å². The number of carbonyl (C=O) groups is 1. The van der Waals surface area contributed by atoms with E-state index in [1.165, 1.54) is 23.0 Å². The van der Waals surface area contributed by atoms with Crippen LogP contribution in [0.3, 0.4) is 0 Å². The number of allylic oxidation sites excluding steroid dienone is 1. The van der Waals surface area contributed by atoms with E-state index in [0.717, 1.165) is 10.0 Å². The van der Waals surface area contributed by atoms with Crippen LogP contribution >= 0.6 is 27.3 Å². The van der Waals surface area contributed by atoms with Gasteiger partial charge in [-0.25, -0.2) is 9.79 Å². The van der Waals surface area contributed by atoms with E-state index in [4.69, 9.17) is 4.74 Å². The van der Waals surface area contributed by atoms with E-state index in [-0.39, 0.29) is 11.3 Å². The van der Waals surface area contributed by atoms with E-state index < -0.39 is 12.0 Å². The molecule has 1 atom stereocenters. The first-order valence-corrected chi connectivity index (χ1v) is 11.2. The average Bonchev–Trinajstić information content (AvgIpc) is 3.09. The smallest absolute Gasteiger partial charge is 0.338 e. The number of ether oxygens (including phenoxy) is 1. The fourth-order valence-corrected chi connectivity index (χ4v) is 4.99. The second-order valence-electron chi connectivity index (χ2n) is 6.90. The molecule has 0 aliphatic carbocycles. The van der Waals surface area contributed by atoms with Crippen LogP contribution in [0, 0.1) is 0 Å². The maximum Gasteiger partial charge on any atom is 0.338 e. The molecule has 6 nitrogen and oxygen atoms in total. The first-order valence-electron chi connectivity index (χ1n) is 9.61. The highest BCUT2D eigenvalue weighted by atomic mass is 79.9. The Kier molecular flexibility index (Phi) is 5.93. The Morgan fingerprint density at radius 2 is 2.03 bits per heavy atom. The van der Waals surface area contributed by atoms with Crippen molar-refractivity contribution in [1.29, 1.82) is 0 Å². The third-order valence-electron chi connectivity index (χ3n) is 5.04. The number of benzene rings is 2. The molecule has 8 heteroatoms. The summed E-state index contributed by atoms with van der Waals surface area (Å²) in [6.07, 6.45) is 2.16. The van der Waals surface area contributed by atoms with E-state index in [0.29, 0.717) is 32.6 Å². The Labute approximate surface area is 190 Å². The SMILES string of the molecule is CCC1=C(C(=O)OC)[C@H](c2ccccc2)n2c(s/c(=C/c3cc(Br)ccc3O)c2=O)=N1. The molecule has 31 heavy (non-hydrogen) atoms. The topological polar surface area (TPSA) is 80.9 Å². The molecule has 1 aliphatic heterocycles. The number of thiazole rings is 1. The van der Waals surface area contributed by atoms with E-state index in [1.54, 1.807) is 24.3 Å². The van der Waals surface area contributed by atoms with Gasteiger partial charge in [0.1, 0.15) is 5.75 Å². The second-order valence-corrected chi connectivity index (χ2v) is 8.83. The van der Waals surface area contributed by atoms with E-state index in [2.05, 4.69) is 20.9 Å². The van der Waals surface area contributed by atoms with Gasteiger partial charge in [-0.3, -0.25) is 9.36 Å². The van der Waals surface area contributed by atoms with E-state index in [1.807, 2.05) is 37.3 Å². The van der Waals surface area contributed by atoms with Gasteiger partial charge in [0.2, 0.25) is 0 Å². The molecule has 1 N–H and O–H groups in total. The third kappa shape index (κ3) is 3.88. The lowest BCUT2D eigenvalue weighted by Gasteiger charge is -2.25. The van der Waals surface area contributed by atoms with Crippen molar-refractivity contribution in [3.05, 3.63) is 95.1 Å². The van der Waals surface area contributed by atoms with Crippen LogP contribution in [0.4, 0.5) is 0 Å². The summed E-state index contributed by atoms with van der Waals surface area (Å²) in [6, 6.07) is 13.7. The molecule has 0 saturated carbocycles. The quantitative estimate of drug-likeness (QED) is 0.559. The summed E-state index contributed by atoms with van der Waals surface area (Å²) < 4.78 is 7.78. The minimum absolute atomic E-state index is 0.0677. The number of carbonyl (C=O) groups excluding carboxylic acids is 1. The number of methoxy groups -OCH3 is 1. The van der Waals surface area contributed by atoms with Crippen molar-refractivity contribution in [3.63, 3.8) is 0 Å². The third-order valence-corrected chi connectivity index (χ3v) is 6.52. The highest BCUT2D eigenvalue weighted by Crippen LogP contribution is 2.31. The maximum atomic E-state index is 13.5. The fraction of sp³-hybridized carbons (Fsp3) is 0.174. The van der Waals surface area contributed by atoms with Crippen molar-refractivity contribution in [2.45, 2.75) is 19.4 Å². The van der Waals surface area contributed by atoms with Gasteiger partial charge in [0, 0.05) is 10.0 Å². The zero-order chi connectivity index (χ0) is 22.1. The van der Waals surface area contributed by atoms with Gasteiger partial charge in [-0.1, -0.05) is 64.5 Å². The van der Waals surface area contributed by atoms with Gasteiger partial charge in [-0.15, -0.1) is 0 Å². The van der Waals surface area contributed by atoms with Gasteiger partial charge >= 0.3 is 5.97 Å². The molecule has 0 unspecified atom stereocenters. The number of phenolic OH excluding ortho intramolecular Hbond substituents is 1. The van der Waals surface area contributed by atoms with E-state index >= 15 is 0 Å². The number of aromatic hydroxyl groups is 1. The largest absolute Gasteiger partial charge is 0.507 e. The van der Waals surface area contributed by atoms with Crippen LogP contribution in [0.25, 0.3) is 6.08 Å². The van der Waals surface area contributed by atoms with Gasteiger partial charge in [-0.05, 0) is 36.3 Å². The first kappa shape index (κ1) is 21.3. The lowest BCUT2D eigenvalue weighted by molar-refractivity contribution is -0.136. The summed E-state index contributed by atoms with van der Waals surface area (Å²) in [6.45, 7) is 1.91. The summed E-state index contributed by atoms with van der Waals surface area (Å²) in [5.74, 6) is -0.438. The van der Waals surface area contributed by atoms with Crippen LogP contribution in [0.5, 0.6) is 5.75 Å². The van der Waals surface area contributed by atoms with Crippen molar-refractivity contribution in [3.8, 4) is 5.75 Å². The molecular formula is C23H19BrN2O4S. The van der Waals surface area contributed by atoms with Gasteiger partial charge in [0.25, 0.3) is 5.56 Å². The standard InChI is InChI=1S/C23H19BrN2O4S/c1-3-16-19(22(29)30-2)20(13-7-5-4-6-8-13)26-21(28)18(31-23(26)25-16)12-14-11-15(24)9-10-17(14)27/h4-12,20,27H,3H2,1-2H3/b18-12+/t20-/m0/s1. The molecule has 3 aromatic rings. The molecule has 0 saturated heterocycles. The van der Waals surface area contributed by atoms with E-state index in [9.17, 15) is 14.7 Å². The van der Waals surface area contributed by atoms with Crippen molar-refractivity contribution in [1.82, 2.24) is 4.57 Å².